The molecule has 0 radical (unpaired) electrons. The van der Waals surface area contributed by atoms with Crippen molar-refractivity contribution >= 4 is 63.0 Å². The summed E-state index contributed by atoms with van der Waals surface area (Å²) in [6.07, 6.45) is 4.27. The molecule has 4 aromatic rings. The van der Waals surface area contributed by atoms with Gasteiger partial charge in [-0.15, -0.1) is 0 Å². The lowest BCUT2D eigenvalue weighted by Crippen LogP contribution is -2.35. The SMILES string of the molecule is CC(C)(C)OC(=O)CN(c1cn(CC(=O)OC(Cc2c(Cl)c[n+]([O-])cc2Cl)c2ccc(OC(F)F)c(OCC3CC3)c2)c2ccccc12)S(=O)O. The molecule has 274 valence electrons. The summed E-state index contributed by atoms with van der Waals surface area (Å²) in [6.45, 7) is 1.22. The molecule has 0 spiro atoms. The second kappa shape index (κ2) is 16.0. The van der Waals surface area contributed by atoms with E-state index in [0.717, 1.165) is 29.5 Å². The van der Waals surface area contributed by atoms with Gasteiger partial charge in [0.2, 0.25) is 0 Å². The fourth-order valence-corrected chi connectivity index (χ4v) is 6.40. The van der Waals surface area contributed by atoms with Gasteiger partial charge in [-0.3, -0.25) is 18.4 Å². The quantitative estimate of drug-likeness (QED) is 0.0599. The Morgan fingerprint density at radius 2 is 1.78 bits per heavy atom. The Bertz CT molecular complexity index is 1910. The predicted octanol–water partition coefficient (Wildman–Crippen LogP) is 6.78. The Kier molecular flexibility index (Phi) is 11.9. The number of para-hydroxylation sites is 1. The number of hydrogen-bond donors (Lipinski definition) is 1. The minimum Gasteiger partial charge on any atom is -0.619 e. The zero-order valence-electron chi connectivity index (χ0n) is 27.7. The van der Waals surface area contributed by atoms with E-state index in [0.29, 0.717) is 21.2 Å². The van der Waals surface area contributed by atoms with Crippen LogP contribution in [-0.2, 0) is 43.3 Å². The van der Waals surface area contributed by atoms with E-state index in [4.69, 9.17) is 37.4 Å². The number of nitrogens with zero attached hydrogens (tertiary/aromatic N) is 3. The van der Waals surface area contributed by atoms with Gasteiger partial charge in [0.1, 0.15) is 34.8 Å². The first kappa shape index (κ1) is 38.1. The van der Waals surface area contributed by atoms with Crippen molar-refractivity contribution in [2.75, 3.05) is 17.5 Å². The van der Waals surface area contributed by atoms with E-state index in [1.54, 1.807) is 45.0 Å². The molecule has 12 nitrogen and oxygen atoms in total. The maximum atomic E-state index is 13.7. The lowest BCUT2D eigenvalue weighted by Gasteiger charge is -2.23. The van der Waals surface area contributed by atoms with Crippen molar-refractivity contribution in [1.82, 2.24) is 4.57 Å². The fraction of sp³-hybridized carbons (Fsp3) is 0.382. The molecule has 0 saturated heterocycles. The van der Waals surface area contributed by atoms with Crippen molar-refractivity contribution in [2.24, 2.45) is 5.92 Å². The number of carbonyl (C=O) groups is 2. The monoisotopic (exact) mass is 769 g/mol. The number of fused-ring (bicyclic) bond motifs is 1. The number of ether oxygens (including phenoxy) is 4. The van der Waals surface area contributed by atoms with Crippen LogP contribution in [0.25, 0.3) is 10.9 Å². The molecule has 5 rings (SSSR count). The van der Waals surface area contributed by atoms with E-state index in [-0.39, 0.29) is 51.7 Å². The summed E-state index contributed by atoms with van der Waals surface area (Å²) in [5.74, 6) is -1.41. The molecule has 0 bridgehead atoms. The standard InChI is InChI=1S/C34H35Cl2F2N3O9S/c1-34(2,3)50-32(43)18-41(51(45)46)27-16-39(26-7-5-4-6-22(26)27)17-31(42)48-29(13-23-24(35)14-40(44)15-25(23)36)21-10-11-28(49-33(37)38)30(12-21)47-19-20-8-9-20/h4-7,10-12,14-16,20,29,33H,8-9,13,17-19H2,1-3H3,(H,45,46). The Balaban J connectivity index is 1.47. The van der Waals surface area contributed by atoms with E-state index >= 15 is 0 Å². The molecule has 2 unspecified atom stereocenters. The maximum absolute atomic E-state index is 13.7. The van der Waals surface area contributed by atoms with Crippen LogP contribution in [0.15, 0.2) is 61.1 Å². The summed E-state index contributed by atoms with van der Waals surface area (Å²) < 4.78 is 73.8. The minimum atomic E-state index is -3.11. The van der Waals surface area contributed by atoms with Gasteiger partial charge >= 0.3 is 18.6 Å². The molecule has 1 saturated carbocycles. The molecule has 51 heavy (non-hydrogen) atoms. The van der Waals surface area contributed by atoms with Gasteiger partial charge in [0.15, 0.2) is 23.9 Å². The molecule has 2 atom stereocenters. The molecular formula is C34H35Cl2F2N3O9S. The highest BCUT2D eigenvalue weighted by Gasteiger charge is 2.28. The number of carbonyl (C=O) groups excluding carboxylic acids is 2. The average Bonchev–Trinajstić information content (AvgIpc) is 3.80. The largest absolute Gasteiger partial charge is 0.619 e. The summed E-state index contributed by atoms with van der Waals surface area (Å²) >= 11 is 10.1. The Labute approximate surface area is 304 Å². The number of benzene rings is 2. The van der Waals surface area contributed by atoms with Crippen LogP contribution in [0.1, 0.15) is 50.8 Å². The third kappa shape index (κ3) is 10.2. The molecule has 2 heterocycles. The normalized spacial score (nSPS) is 14.3. The van der Waals surface area contributed by atoms with Crippen LogP contribution >= 0.6 is 23.2 Å². The summed E-state index contributed by atoms with van der Waals surface area (Å²) in [6, 6.07) is 10.9. The molecular weight excluding hydrogens is 735 g/mol. The lowest BCUT2D eigenvalue weighted by atomic mass is 10.0. The van der Waals surface area contributed by atoms with Gasteiger partial charge in [0.25, 0.3) is 11.3 Å². The summed E-state index contributed by atoms with van der Waals surface area (Å²) in [5, 5.41) is 12.4. The smallest absolute Gasteiger partial charge is 0.387 e. The Morgan fingerprint density at radius 3 is 2.41 bits per heavy atom. The number of hydrogen-bond acceptors (Lipinski definition) is 8. The molecule has 1 fully saturated rings. The van der Waals surface area contributed by atoms with Gasteiger partial charge in [-0.05, 0) is 63.3 Å². The van der Waals surface area contributed by atoms with Crippen molar-refractivity contribution in [3.63, 3.8) is 0 Å². The van der Waals surface area contributed by atoms with Gasteiger partial charge < -0.3 is 28.7 Å². The molecule has 17 heteroatoms. The van der Waals surface area contributed by atoms with Crippen molar-refractivity contribution < 1.29 is 50.8 Å². The van der Waals surface area contributed by atoms with E-state index in [9.17, 15) is 32.3 Å². The van der Waals surface area contributed by atoms with Gasteiger partial charge in [-0.2, -0.15) is 13.5 Å². The summed E-state index contributed by atoms with van der Waals surface area (Å²) in [7, 11) is 0. The first-order valence-corrected chi connectivity index (χ1v) is 17.6. The van der Waals surface area contributed by atoms with Crippen LogP contribution in [0.3, 0.4) is 0 Å². The molecule has 2 aromatic heterocycles. The van der Waals surface area contributed by atoms with E-state index in [1.807, 2.05) is 0 Å². The van der Waals surface area contributed by atoms with E-state index < -0.39 is 54.6 Å². The van der Waals surface area contributed by atoms with E-state index in [2.05, 4.69) is 4.74 Å². The second-order valence-electron chi connectivity index (χ2n) is 12.8. The number of pyridine rings is 1. The zero-order chi connectivity index (χ0) is 37.0. The van der Waals surface area contributed by atoms with Gasteiger partial charge in [-0.1, -0.05) is 47.5 Å². The third-order valence-corrected chi connectivity index (χ3v) is 9.02. The van der Waals surface area contributed by atoms with Gasteiger partial charge in [0.05, 0.1) is 17.8 Å². The number of esters is 2. The number of alkyl halides is 2. The van der Waals surface area contributed by atoms with Crippen molar-refractivity contribution in [3.05, 3.63) is 87.4 Å². The van der Waals surface area contributed by atoms with Crippen LogP contribution in [0.2, 0.25) is 10.0 Å². The van der Waals surface area contributed by atoms with Gasteiger partial charge in [-0.25, -0.2) is 4.21 Å². The van der Waals surface area contributed by atoms with E-state index in [1.165, 1.54) is 29.0 Å². The molecule has 2 aromatic carbocycles. The molecule has 0 amide bonds. The molecule has 1 aliphatic carbocycles. The highest BCUT2D eigenvalue weighted by Crippen LogP contribution is 2.38. The van der Waals surface area contributed by atoms with Crippen molar-refractivity contribution in [1.29, 1.82) is 0 Å². The molecule has 1 N–H and O–H groups in total. The molecule has 0 aliphatic heterocycles. The highest BCUT2D eigenvalue weighted by molar-refractivity contribution is 7.80. The number of anilines is 1. The van der Waals surface area contributed by atoms with Crippen LogP contribution in [0, 0.1) is 11.1 Å². The zero-order valence-corrected chi connectivity index (χ0v) is 30.1. The Hall–Kier alpha value is -4.18. The van der Waals surface area contributed by atoms with Crippen LogP contribution < -0.4 is 18.5 Å². The summed E-state index contributed by atoms with van der Waals surface area (Å²) in [5.41, 5.74) is 0.452. The first-order valence-electron chi connectivity index (χ1n) is 15.7. The fourth-order valence-electron chi connectivity index (χ4n) is 5.27. The number of aromatic nitrogens is 2. The van der Waals surface area contributed by atoms with Crippen molar-refractivity contribution in [2.45, 2.75) is 64.9 Å². The summed E-state index contributed by atoms with van der Waals surface area (Å²) in [4.78, 5) is 26.3. The third-order valence-electron chi connectivity index (χ3n) is 7.66. The average molecular weight is 771 g/mol. The van der Waals surface area contributed by atoms with Crippen LogP contribution in [0.5, 0.6) is 11.5 Å². The van der Waals surface area contributed by atoms with Crippen LogP contribution in [-0.4, -0.2) is 50.6 Å². The Morgan fingerprint density at radius 1 is 1.10 bits per heavy atom. The highest BCUT2D eigenvalue weighted by atomic mass is 35.5. The predicted molar refractivity (Wildman–Crippen MR) is 185 cm³/mol. The lowest BCUT2D eigenvalue weighted by molar-refractivity contribution is -0.605. The first-order chi connectivity index (χ1) is 24.1. The second-order valence-corrected chi connectivity index (χ2v) is 14.5. The molecule has 1 aliphatic rings. The van der Waals surface area contributed by atoms with Gasteiger partial charge in [0, 0.05) is 23.6 Å². The maximum Gasteiger partial charge on any atom is 0.387 e. The van der Waals surface area contributed by atoms with Crippen molar-refractivity contribution in [3.8, 4) is 11.5 Å². The number of halogens is 4. The minimum absolute atomic E-state index is 0.00420. The van der Waals surface area contributed by atoms with Crippen LogP contribution in [0.4, 0.5) is 14.5 Å². The topological polar surface area (TPSA) is 143 Å². The number of rotatable bonds is 15.